The Bertz CT molecular complexity index is 886. The van der Waals surface area contributed by atoms with Crippen molar-refractivity contribution < 1.29 is 19.1 Å². The summed E-state index contributed by atoms with van der Waals surface area (Å²) in [5.74, 6) is -0.929. The minimum atomic E-state index is -0.345. The lowest BCUT2D eigenvalue weighted by atomic mass is 10.1. The van der Waals surface area contributed by atoms with E-state index in [4.69, 9.17) is 4.74 Å². The SMILES string of the molecule is O=C(CCN1C(=O)c2ccccc2C1=O)Nc1ccccc1N1CCOCC1. The van der Waals surface area contributed by atoms with Crippen molar-refractivity contribution in [3.8, 4) is 0 Å². The number of carbonyl (C=O) groups excluding carboxylic acids is 3. The minimum absolute atomic E-state index is 0.0446. The number of anilines is 2. The summed E-state index contributed by atoms with van der Waals surface area (Å²) in [6.07, 6.45) is 0.0446. The maximum Gasteiger partial charge on any atom is 0.261 e. The molecule has 2 aromatic carbocycles. The number of imide groups is 1. The molecule has 4 rings (SSSR count). The van der Waals surface area contributed by atoms with Crippen LogP contribution in [0.15, 0.2) is 48.5 Å². The number of rotatable bonds is 5. The lowest BCUT2D eigenvalue weighted by Crippen LogP contribution is -2.37. The predicted octanol–water partition coefficient (Wildman–Crippen LogP) is 2.15. The van der Waals surface area contributed by atoms with Gasteiger partial charge in [0.25, 0.3) is 11.8 Å². The zero-order valence-corrected chi connectivity index (χ0v) is 15.4. The van der Waals surface area contributed by atoms with Crippen molar-refractivity contribution >= 4 is 29.1 Å². The molecule has 7 nitrogen and oxygen atoms in total. The Hall–Kier alpha value is -3.19. The van der Waals surface area contributed by atoms with Gasteiger partial charge in [0.2, 0.25) is 5.91 Å². The zero-order valence-electron chi connectivity index (χ0n) is 15.4. The number of fused-ring (bicyclic) bond motifs is 1. The fourth-order valence-electron chi connectivity index (χ4n) is 3.53. The molecule has 7 heteroatoms. The number of morpholine rings is 1. The van der Waals surface area contributed by atoms with E-state index >= 15 is 0 Å². The zero-order chi connectivity index (χ0) is 19.5. The quantitative estimate of drug-likeness (QED) is 0.806. The number of benzene rings is 2. The van der Waals surface area contributed by atoms with Gasteiger partial charge in [0, 0.05) is 26.1 Å². The number of nitrogens with zero attached hydrogens (tertiary/aromatic N) is 2. The van der Waals surface area contributed by atoms with Crippen molar-refractivity contribution in [2.75, 3.05) is 43.1 Å². The molecular formula is C21H21N3O4. The van der Waals surface area contributed by atoms with Crippen molar-refractivity contribution in [2.24, 2.45) is 0 Å². The summed E-state index contributed by atoms with van der Waals surface area (Å²) in [7, 11) is 0. The Labute approximate surface area is 162 Å². The Balaban J connectivity index is 1.40. The van der Waals surface area contributed by atoms with Crippen molar-refractivity contribution in [1.29, 1.82) is 0 Å². The highest BCUT2D eigenvalue weighted by atomic mass is 16.5. The number of ether oxygens (including phenoxy) is 1. The largest absolute Gasteiger partial charge is 0.378 e. The number of hydrogen-bond acceptors (Lipinski definition) is 5. The average Bonchev–Trinajstić information content (AvgIpc) is 2.98. The van der Waals surface area contributed by atoms with Gasteiger partial charge in [0.1, 0.15) is 0 Å². The first-order valence-electron chi connectivity index (χ1n) is 9.32. The second-order valence-electron chi connectivity index (χ2n) is 6.72. The van der Waals surface area contributed by atoms with E-state index in [0.717, 1.165) is 29.4 Å². The monoisotopic (exact) mass is 379 g/mol. The van der Waals surface area contributed by atoms with Crippen LogP contribution in [0.1, 0.15) is 27.1 Å². The summed E-state index contributed by atoms with van der Waals surface area (Å²) in [6.45, 7) is 2.89. The van der Waals surface area contributed by atoms with Crippen LogP contribution in [-0.2, 0) is 9.53 Å². The molecule has 2 heterocycles. The van der Waals surface area contributed by atoms with Crippen molar-refractivity contribution in [3.05, 3.63) is 59.7 Å². The molecule has 1 fully saturated rings. The average molecular weight is 379 g/mol. The molecule has 2 aliphatic heterocycles. The van der Waals surface area contributed by atoms with Crippen LogP contribution in [-0.4, -0.2) is 55.5 Å². The highest BCUT2D eigenvalue weighted by Crippen LogP contribution is 2.27. The number of nitrogens with one attached hydrogen (secondary N) is 1. The molecule has 28 heavy (non-hydrogen) atoms. The fourth-order valence-corrected chi connectivity index (χ4v) is 3.53. The molecule has 0 bridgehead atoms. The van der Waals surface area contributed by atoms with E-state index in [-0.39, 0.29) is 30.7 Å². The summed E-state index contributed by atoms with van der Waals surface area (Å²) < 4.78 is 5.39. The highest BCUT2D eigenvalue weighted by molar-refractivity contribution is 6.21. The lowest BCUT2D eigenvalue weighted by molar-refractivity contribution is -0.116. The van der Waals surface area contributed by atoms with Gasteiger partial charge in [-0.1, -0.05) is 24.3 Å². The second kappa shape index (κ2) is 7.82. The Morgan fingerprint density at radius 3 is 2.21 bits per heavy atom. The third-order valence-electron chi connectivity index (χ3n) is 4.97. The molecule has 3 amide bonds. The molecule has 0 aliphatic carbocycles. The summed E-state index contributed by atoms with van der Waals surface area (Å²) in [6, 6.07) is 14.3. The van der Waals surface area contributed by atoms with E-state index < -0.39 is 0 Å². The van der Waals surface area contributed by atoms with Crippen molar-refractivity contribution in [3.63, 3.8) is 0 Å². The van der Waals surface area contributed by atoms with Crippen molar-refractivity contribution in [1.82, 2.24) is 4.90 Å². The second-order valence-corrected chi connectivity index (χ2v) is 6.72. The molecule has 2 aliphatic rings. The Kier molecular flexibility index (Phi) is 5.08. The molecule has 1 saturated heterocycles. The standard InChI is InChI=1S/C21H21N3O4/c25-19(9-10-24-20(26)15-5-1-2-6-16(15)21(24)27)22-17-7-3-4-8-18(17)23-11-13-28-14-12-23/h1-8H,9-14H2,(H,22,25). The van der Waals surface area contributed by atoms with Crippen LogP contribution in [0, 0.1) is 0 Å². The van der Waals surface area contributed by atoms with Crippen LogP contribution >= 0.6 is 0 Å². The van der Waals surface area contributed by atoms with Crippen molar-refractivity contribution in [2.45, 2.75) is 6.42 Å². The van der Waals surface area contributed by atoms with Gasteiger partial charge >= 0.3 is 0 Å². The smallest absolute Gasteiger partial charge is 0.261 e. The normalized spacial score (nSPS) is 16.3. The van der Waals surface area contributed by atoms with E-state index in [1.165, 1.54) is 0 Å². The van der Waals surface area contributed by atoms with Gasteiger partial charge in [0.15, 0.2) is 0 Å². The summed E-state index contributed by atoms with van der Waals surface area (Å²) in [4.78, 5) is 40.6. The van der Waals surface area contributed by atoms with Crippen LogP contribution in [0.5, 0.6) is 0 Å². The van der Waals surface area contributed by atoms with Crippen LogP contribution in [0.25, 0.3) is 0 Å². The van der Waals surface area contributed by atoms with E-state index in [1.807, 2.05) is 24.3 Å². The van der Waals surface area contributed by atoms with Gasteiger partial charge in [-0.25, -0.2) is 0 Å². The number of para-hydroxylation sites is 2. The third-order valence-corrected chi connectivity index (χ3v) is 4.97. The molecule has 0 atom stereocenters. The molecule has 0 saturated carbocycles. The van der Waals surface area contributed by atoms with Gasteiger partial charge in [-0.05, 0) is 24.3 Å². The van der Waals surface area contributed by atoms with Crippen LogP contribution in [0.2, 0.25) is 0 Å². The Morgan fingerprint density at radius 1 is 0.929 bits per heavy atom. The predicted molar refractivity (Wildman–Crippen MR) is 105 cm³/mol. The molecule has 1 N–H and O–H groups in total. The fraction of sp³-hybridized carbons (Fsp3) is 0.286. The molecule has 0 spiro atoms. The van der Waals surface area contributed by atoms with Gasteiger partial charge in [-0.3, -0.25) is 19.3 Å². The van der Waals surface area contributed by atoms with Crippen LogP contribution in [0.4, 0.5) is 11.4 Å². The van der Waals surface area contributed by atoms with E-state index in [2.05, 4.69) is 10.2 Å². The lowest BCUT2D eigenvalue weighted by Gasteiger charge is -2.30. The summed E-state index contributed by atoms with van der Waals surface area (Å²) in [5.41, 5.74) is 2.45. The van der Waals surface area contributed by atoms with E-state index in [1.54, 1.807) is 24.3 Å². The number of amides is 3. The summed E-state index contributed by atoms with van der Waals surface area (Å²) >= 11 is 0. The maximum absolute atomic E-state index is 12.5. The number of hydrogen-bond donors (Lipinski definition) is 1. The Morgan fingerprint density at radius 2 is 1.54 bits per heavy atom. The van der Waals surface area contributed by atoms with Gasteiger partial charge in [-0.2, -0.15) is 0 Å². The van der Waals surface area contributed by atoms with E-state index in [0.29, 0.717) is 24.3 Å². The number of carbonyl (C=O) groups is 3. The first-order chi connectivity index (χ1) is 13.6. The van der Waals surface area contributed by atoms with Crippen LogP contribution in [0.3, 0.4) is 0 Å². The first kappa shape index (κ1) is 18.2. The molecule has 144 valence electrons. The minimum Gasteiger partial charge on any atom is -0.378 e. The van der Waals surface area contributed by atoms with Gasteiger partial charge in [0.05, 0.1) is 35.7 Å². The first-order valence-corrected chi connectivity index (χ1v) is 9.32. The maximum atomic E-state index is 12.5. The molecule has 0 aromatic heterocycles. The summed E-state index contributed by atoms with van der Waals surface area (Å²) in [5, 5.41) is 2.91. The molecule has 0 radical (unpaired) electrons. The molecular weight excluding hydrogens is 358 g/mol. The molecule has 0 unspecified atom stereocenters. The third kappa shape index (κ3) is 3.48. The van der Waals surface area contributed by atoms with E-state index in [9.17, 15) is 14.4 Å². The van der Waals surface area contributed by atoms with Crippen LogP contribution < -0.4 is 10.2 Å². The van der Waals surface area contributed by atoms with Gasteiger partial charge < -0.3 is 15.0 Å². The topological polar surface area (TPSA) is 79.0 Å². The molecule has 2 aromatic rings. The highest BCUT2D eigenvalue weighted by Gasteiger charge is 2.35. The van der Waals surface area contributed by atoms with Gasteiger partial charge in [-0.15, -0.1) is 0 Å².